The molecule has 0 aromatic carbocycles. The van der Waals surface area contributed by atoms with Crippen molar-refractivity contribution < 1.29 is 0 Å². The van der Waals surface area contributed by atoms with Gasteiger partial charge in [-0.15, -0.1) is 10.2 Å². The van der Waals surface area contributed by atoms with Crippen LogP contribution in [0.15, 0.2) is 12.1 Å². The summed E-state index contributed by atoms with van der Waals surface area (Å²) in [4.78, 5) is 0. The molecule has 0 spiro atoms. The zero-order valence-corrected chi connectivity index (χ0v) is 9.94. The molecule has 0 radical (unpaired) electrons. The second kappa shape index (κ2) is 3.83. The molecule has 5 heteroatoms. The predicted octanol–water partition coefficient (Wildman–Crippen LogP) is 1.41. The Hall–Kier alpha value is -1.49. The molecule has 2 N–H and O–H groups in total. The number of nitrogens with zero attached hydrogens (tertiary/aromatic N) is 4. The van der Waals surface area contributed by atoms with Gasteiger partial charge >= 0.3 is 0 Å². The van der Waals surface area contributed by atoms with Crippen LogP contribution in [0.4, 0.5) is 0 Å². The molecule has 16 heavy (non-hydrogen) atoms. The van der Waals surface area contributed by atoms with Crippen LogP contribution >= 0.6 is 0 Å². The van der Waals surface area contributed by atoms with E-state index in [4.69, 9.17) is 5.73 Å². The molecule has 0 saturated heterocycles. The fourth-order valence-corrected chi connectivity index (χ4v) is 1.76. The maximum absolute atomic E-state index is 6.32. The van der Waals surface area contributed by atoms with Crippen molar-refractivity contribution in [2.75, 3.05) is 0 Å². The van der Waals surface area contributed by atoms with Crippen molar-refractivity contribution in [3.8, 4) is 0 Å². The fraction of sp³-hybridized carbons (Fsp3) is 0.545. The number of rotatable bonds is 3. The highest BCUT2D eigenvalue weighted by atomic mass is 15.4. The molecule has 2 heterocycles. The number of hydrogen-bond donors (Lipinski definition) is 1. The van der Waals surface area contributed by atoms with Gasteiger partial charge in [0.1, 0.15) is 0 Å². The van der Waals surface area contributed by atoms with Gasteiger partial charge in [0.2, 0.25) is 0 Å². The minimum absolute atomic E-state index is 0.444. The van der Waals surface area contributed by atoms with E-state index in [1.807, 2.05) is 19.1 Å². The van der Waals surface area contributed by atoms with Gasteiger partial charge in [-0.3, -0.25) is 0 Å². The molecular weight excluding hydrogens is 202 g/mol. The quantitative estimate of drug-likeness (QED) is 0.847. The van der Waals surface area contributed by atoms with Gasteiger partial charge in [0.05, 0.1) is 11.2 Å². The van der Waals surface area contributed by atoms with Crippen LogP contribution in [-0.2, 0) is 5.54 Å². The summed E-state index contributed by atoms with van der Waals surface area (Å²) >= 11 is 0. The lowest BCUT2D eigenvalue weighted by Crippen LogP contribution is -2.37. The standard InChI is InChI=1S/C11H17N5/c1-4-11(12,5-2)10-14-13-9-7-6-8(3)15-16(9)10/h6-7H,4-5,12H2,1-3H3. The molecule has 0 aliphatic heterocycles. The molecule has 2 aromatic heterocycles. The molecular formula is C11H17N5. The zero-order valence-electron chi connectivity index (χ0n) is 9.94. The van der Waals surface area contributed by atoms with Gasteiger partial charge in [0, 0.05) is 0 Å². The Bertz CT molecular complexity index is 498. The molecule has 0 bridgehead atoms. The lowest BCUT2D eigenvalue weighted by molar-refractivity contribution is 0.378. The smallest absolute Gasteiger partial charge is 0.177 e. The number of hydrogen-bond acceptors (Lipinski definition) is 4. The SMILES string of the molecule is CCC(N)(CC)c1nnc2ccc(C)nn12. The summed E-state index contributed by atoms with van der Waals surface area (Å²) < 4.78 is 1.75. The average molecular weight is 219 g/mol. The molecule has 86 valence electrons. The maximum atomic E-state index is 6.32. The van der Waals surface area contributed by atoms with Crippen molar-refractivity contribution in [3.05, 3.63) is 23.7 Å². The van der Waals surface area contributed by atoms with Crippen molar-refractivity contribution in [1.82, 2.24) is 19.8 Å². The van der Waals surface area contributed by atoms with Crippen LogP contribution in [0.25, 0.3) is 5.65 Å². The lowest BCUT2D eigenvalue weighted by Gasteiger charge is -2.23. The summed E-state index contributed by atoms with van der Waals surface area (Å²) in [5, 5.41) is 12.7. The Kier molecular flexibility index (Phi) is 2.63. The van der Waals surface area contributed by atoms with E-state index in [9.17, 15) is 0 Å². The van der Waals surface area contributed by atoms with E-state index in [-0.39, 0.29) is 0 Å². The van der Waals surface area contributed by atoms with Crippen molar-refractivity contribution in [1.29, 1.82) is 0 Å². The highest BCUT2D eigenvalue weighted by molar-refractivity contribution is 5.37. The average Bonchev–Trinajstić information content (AvgIpc) is 2.71. The highest BCUT2D eigenvalue weighted by Crippen LogP contribution is 2.23. The van der Waals surface area contributed by atoms with Gasteiger partial charge in [-0.05, 0) is 31.9 Å². The first-order chi connectivity index (χ1) is 7.60. The first kappa shape index (κ1) is 11.0. The summed E-state index contributed by atoms with van der Waals surface area (Å²) in [6.45, 7) is 6.06. The molecule has 0 fully saturated rings. The molecule has 0 aliphatic rings. The predicted molar refractivity (Wildman–Crippen MR) is 62.0 cm³/mol. The van der Waals surface area contributed by atoms with Gasteiger partial charge in [0.25, 0.3) is 0 Å². The normalized spacial score (nSPS) is 12.2. The zero-order chi connectivity index (χ0) is 11.8. The van der Waals surface area contributed by atoms with Crippen LogP contribution in [0.5, 0.6) is 0 Å². The van der Waals surface area contributed by atoms with Crippen LogP contribution < -0.4 is 5.73 Å². The van der Waals surface area contributed by atoms with Crippen LogP contribution in [0.1, 0.15) is 38.2 Å². The first-order valence-electron chi connectivity index (χ1n) is 5.59. The minimum atomic E-state index is -0.444. The van der Waals surface area contributed by atoms with Crippen LogP contribution in [-0.4, -0.2) is 19.8 Å². The Labute approximate surface area is 94.7 Å². The molecule has 5 nitrogen and oxygen atoms in total. The van der Waals surface area contributed by atoms with E-state index in [1.54, 1.807) is 4.52 Å². The third kappa shape index (κ3) is 1.57. The summed E-state index contributed by atoms with van der Waals surface area (Å²) in [5.41, 5.74) is 7.55. The molecule has 0 unspecified atom stereocenters. The Morgan fingerprint density at radius 3 is 2.56 bits per heavy atom. The second-order valence-electron chi connectivity index (χ2n) is 4.13. The number of nitrogens with two attached hydrogens (primary N) is 1. The Morgan fingerprint density at radius 2 is 1.94 bits per heavy atom. The van der Waals surface area contributed by atoms with Gasteiger partial charge in [0.15, 0.2) is 11.5 Å². The van der Waals surface area contributed by atoms with Gasteiger partial charge < -0.3 is 5.73 Å². The summed E-state index contributed by atoms with van der Waals surface area (Å²) in [6, 6.07) is 3.83. The van der Waals surface area contributed by atoms with Gasteiger partial charge in [-0.1, -0.05) is 13.8 Å². The Balaban J connectivity index is 2.64. The Morgan fingerprint density at radius 1 is 1.25 bits per heavy atom. The fourth-order valence-electron chi connectivity index (χ4n) is 1.76. The summed E-state index contributed by atoms with van der Waals surface area (Å²) in [7, 11) is 0. The lowest BCUT2D eigenvalue weighted by atomic mass is 9.93. The number of fused-ring (bicyclic) bond motifs is 1. The van der Waals surface area contributed by atoms with Crippen molar-refractivity contribution in [3.63, 3.8) is 0 Å². The molecule has 0 atom stereocenters. The van der Waals surface area contributed by atoms with Gasteiger partial charge in [-0.2, -0.15) is 9.61 Å². The van der Waals surface area contributed by atoms with E-state index in [0.29, 0.717) is 0 Å². The van der Waals surface area contributed by atoms with E-state index >= 15 is 0 Å². The van der Waals surface area contributed by atoms with Crippen molar-refractivity contribution in [2.45, 2.75) is 39.2 Å². The largest absolute Gasteiger partial charge is 0.319 e. The number of aryl methyl sites for hydroxylation is 1. The van der Waals surface area contributed by atoms with Crippen LogP contribution in [0, 0.1) is 6.92 Å². The topological polar surface area (TPSA) is 69.1 Å². The third-order valence-electron chi connectivity index (χ3n) is 3.10. The van der Waals surface area contributed by atoms with E-state index < -0.39 is 5.54 Å². The molecule has 0 amide bonds. The van der Waals surface area contributed by atoms with Crippen molar-refractivity contribution >= 4 is 5.65 Å². The molecule has 0 aliphatic carbocycles. The molecule has 2 rings (SSSR count). The van der Waals surface area contributed by atoms with E-state index in [2.05, 4.69) is 29.1 Å². The highest BCUT2D eigenvalue weighted by Gasteiger charge is 2.29. The monoisotopic (exact) mass is 219 g/mol. The van der Waals surface area contributed by atoms with E-state index in [1.165, 1.54) is 0 Å². The first-order valence-corrected chi connectivity index (χ1v) is 5.59. The van der Waals surface area contributed by atoms with Crippen LogP contribution in [0.2, 0.25) is 0 Å². The van der Waals surface area contributed by atoms with E-state index in [0.717, 1.165) is 30.0 Å². The maximum Gasteiger partial charge on any atom is 0.177 e. The van der Waals surface area contributed by atoms with Crippen LogP contribution in [0.3, 0.4) is 0 Å². The van der Waals surface area contributed by atoms with Crippen molar-refractivity contribution in [2.24, 2.45) is 5.73 Å². The minimum Gasteiger partial charge on any atom is -0.319 e. The summed E-state index contributed by atoms with van der Waals surface area (Å²) in [6.07, 6.45) is 1.64. The summed E-state index contributed by atoms with van der Waals surface area (Å²) in [5.74, 6) is 0.746. The molecule has 0 saturated carbocycles. The molecule has 2 aromatic rings. The third-order valence-corrected chi connectivity index (χ3v) is 3.10. The van der Waals surface area contributed by atoms with Gasteiger partial charge in [-0.25, -0.2) is 0 Å². The number of aromatic nitrogens is 4. The second-order valence-corrected chi connectivity index (χ2v) is 4.13.